The second-order valence-corrected chi connectivity index (χ2v) is 8.59. The van der Waals surface area contributed by atoms with Crippen molar-refractivity contribution in [3.8, 4) is 0 Å². The first-order chi connectivity index (χ1) is 14.1. The van der Waals surface area contributed by atoms with Gasteiger partial charge in [0.15, 0.2) is 0 Å². The lowest BCUT2D eigenvalue weighted by Crippen LogP contribution is -2.51. The van der Waals surface area contributed by atoms with Gasteiger partial charge >= 0.3 is 6.03 Å². The standard InChI is InChI=1S/C22H23N3O3S/c26-19(24-25-20(27)22(23-21(25)28)14-8-3-9-15-22)18(16-10-4-1-5-11-16)29-17-12-6-2-7-13-17/h1-2,4-7,10-13,18H,3,8-9,14-15H2,(H,23,28)(H,24,26)/t18-/m0/s1. The molecule has 4 rings (SSSR count). The minimum absolute atomic E-state index is 0.355. The summed E-state index contributed by atoms with van der Waals surface area (Å²) in [5, 5.41) is 3.09. The molecule has 0 bridgehead atoms. The molecule has 1 saturated carbocycles. The molecule has 1 atom stereocenters. The fraction of sp³-hybridized carbons (Fsp3) is 0.318. The van der Waals surface area contributed by atoms with E-state index in [0.29, 0.717) is 12.8 Å². The first-order valence-corrected chi connectivity index (χ1v) is 10.7. The molecule has 1 heterocycles. The Morgan fingerprint density at radius 1 is 0.966 bits per heavy atom. The largest absolute Gasteiger partial charge is 0.344 e. The summed E-state index contributed by atoms with van der Waals surface area (Å²) < 4.78 is 0. The minimum atomic E-state index is -0.864. The Balaban J connectivity index is 1.55. The summed E-state index contributed by atoms with van der Waals surface area (Å²) in [5.74, 6) is -0.756. The number of urea groups is 1. The van der Waals surface area contributed by atoms with E-state index in [0.717, 1.165) is 34.7 Å². The predicted octanol–water partition coefficient (Wildman–Crippen LogP) is 3.81. The maximum absolute atomic E-state index is 13.2. The SMILES string of the molecule is O=C(NN1C(=O)NC2(CCCCC2)C1=O)[C@@H](Sc1ccccc1)c1ccccc1. The molecule has 1 spiro atoms. The van der Waals surface area contributed by atoms with Gasteiger partial charge in [0, 0.05) is 4.90 Å². The fourth-order valence-corrected chi connectivity index (χ4v) is 4.96. The highest BCUT2D eigenvalue weighted by Gasteiger charge is 2.52. The Morgan fingerprint density at radius 3 is 2.24 bits per heavy atom. The van der Waals surface area contributed by atoms with Crippen LogP contribution in [-0.2, 0) is 9.59 Å². The Kier molecular flexibility index (Phi) is 5.58. The molecular formula is C22H23N3O3S. The lowest BCUT2D eigenvalue weighted by atomic mass is 9.82. The summed E-state index contributed by atoms with van der Waals surface area (Å²) in [6.07, 6.45) is 4.07. The van der Waals surface area contributed by atoms with Crippen molar-refractivity contribution in [2.24, 2.45) is 0 Å². The maximum Gasteiger partial charge on any atom is 0.344 e. The molecule has 2 aromatic rings. The average molecular weight is 410 g/mol. The van der Waals surface area contributed by atoms with E-state index in [9.17, 15) is 14.4 Å². The Morgan fingerprint density at radius 2 is 1.59 bits per heavy atom. The monoisotopic (exact) mass is 409 g/mol. The zero-order valence-corrected chi connectivity index (χ0v) is 16.8. The quantitative estimate of drug-likeness (QED) is 0.582. The van der Waals surface area contributed by atoms with Crippen LogP contribution in [0.1, 0.15) is 42.9 Å². The van der Waals surface area contributed by atoms with Crippen LogP contribution >= 0.6 is 11.8 Å². The molecule has 0 radical (unpaired) electrons. The number of hydrogen-bond donors (Lipinski definition) is 2. The first-order valence-electron chi connectivity index (χ1n) is 9.83. The number of nitrogens with zero attached hydrogens (tertiary/aromatic N) is 1. The summed E-state index contributed by atoms with van der Waals surface area (Å²) in [5.41, 5.74) is 2.52. The molecule has 0 unspecified atom stereocenters. The summed E-state index contributed by atoms with van der Waals surface area (Å²) in [6.45, 7) is 0. The summed E-state index contributed by atoms with van der Waals surface area (Å²) in [6, 6.07) is 18.4. The minimum Gasteiger partial charge on any atom is -0.322 e. The van der Waals surface area contributed by atoms with E-state index < -0.39 is 22.7 Å². The lowest BCUT2D eigenvalue weighted by molar-refractivity contribution is -0.139. The molecule has 1 saturated heterocycles. The third kappa shape index (κ3) is 4.00. The second kappa shape index (κ2) is 8.29. The number of rotatable bonds is 5. The van der Waals surface area contributed by atoms with Gasteiger partial charge in [0.1, 0.15) is 10.8 Å². The molecule has 2 aromatic carbocycles. The summed E-state index contributed by atoms with van der Waals surface area (Å²) in [7, 11) is 0. The van der Waals surface area contributed by atoms with E-state index in [1.54, 1.807) is 0 Å². The Hall–Kier alpha value is -2.80. The highest BCUT2D eigenvalue weighted by molar-refractivity contribution is 8.00. The van der Waals surface area contributed by atoms with Gasteiger partial charge in [-0.1, -0.05) is 67.8 Å². The number of benzene rings is 2. The lowest BCUT2D eigenvalue weighted by Gasteiger charge is -2.30. The van der Waals surface area contributed by atoms with Crippen molar-refractivity contribution in [2.45, 2.75) is 47.8 Å². The molecule has 0 aromatic heterocycles. The van der Waals surface area contributed by atoms with Gasteiger partial charge < -0.3 is 5.32 Å². The molecule has 4 amide bonds. The Bertz CT molecular complexity index is 898. The van der Waals surface area contributed by atoms with E-state index in [1.165, 1.54) is 11.8 Å². The number of hydrogen-bond acceptors (Lipinski definition) is 4. The molecule has 2 N–H and O–H groups in total. The van der Waals surface area contributed by atoms with Crippen LogP contribution < -0.4 is 10.7 Å². The molecular weight excluding hydrogens is 386 g/mol. The smallest absolute Gasteiger partial charge is 0.322 e. The van der Waals surface area contributed by atoms with Crippen molar-refractivity contribution in [1.29, 1.82) is 0 Å². The summed E-state index contributed by atoms with van der Waals surface area (Å²) in [4.78, 5) is 39.5. The van der Waals surface area contributed by atoms with Gasteiger partial charge in [-0.2, -0.15) is 5.01 Å². The highest BCUT2D eigenvalue weighted by Crippen LogP contribution is 2.36. The third-order valence-corrected chi connectivity index (χ3v) is 6.69. The van der Waals surface area contributed by atoms with Crippen molar-refractivity contribution in [2.75, 3.05) is 0 Å². The normalized spacial score (nSPS) is 19.1. The van der Waals surface area contributed by atoms with Crippen LogP contribution in [0.15, 0.2) is 65.6 Å². The number of carbonyl (C=O) groups is 3. The van der Waals surface area contributed by atoms with Crippen molar-refractivity contribution < 1.29 is 14.4 Å². The number of carbonyl (C=O) groups excluding carboxylic acids is 3. The highest BCUT2D eigenvalue weighted by atomic mass is 32.2. The maximum atomic E-state index is 13.2. The van der Waals surface area contributed by atoms with Gasteiger partial charge in [-0.15, -0.1) is 11.8 Å². The number of imide groups is 1. The molecule has 6 nitrogen and oxygen atoms in total. The van der Waals surface area contributed by atoms with Crippen LogP contribution in [0.4, 0.5) is 4.79 Å². The van der Waals surface area contributed by atoms with E-state index in [2.05, 4.69) is 10.7 Å². The van der Waals surface area contributed by atoms with Gasteiger partial charge in [0.2, 0.25) is 0 Å². The number of amides is 4. The van der Waals surface area contributed by atoms with Crippen LogP contribution in [0.25, 0.3) is 0 Å². The van der Waals surface area contributed by atoms with Gasteiger partial charge in [0.05, 0.1) is 0 Å². The van der Waals surface area contributed by atoms with Crippen molar-refractivity contribution in [1.82, 2.24) is 15.8 Å². The van der Waals surface area contributed by atoms with Crippen LogP contribution in [0.5, 0.6) is 0 Å². The van der Waals surface area contributed by atoms with E-state index in [-0.39, 0.29) is 5.91 Å². The van der Waals surface area contributed by atoms with Gasteiger partial charge in [-0.25, -0.2) is 4.79 Å². The van der Waals surface area contributed by atoms with Crippen molar-refractivity contribution in [3.05, 3.63) is 66.2 Å². The zero-order valence-electron chi connectivity index (χ0n) is 16.0. The van der Waals surface area contributed by atoms with Crippen LogP contribution in [0.2, 0.25) is 0 Å². The molecule has 150 valence electrons. The Labute approximate surface area is 174 Å². The second-order valence-electron chi connectivity index (χ2n) is 7.41. The first kappa shape index (κ1) is 19.5. The predicted molar refractivity (Wildman–Crippen MR) is 111 cm³/mol. The van der Waals surface area contributed by atoms with E-state index >= 15 is 0 Å². The zero-order chi connectivity index (χ0) is 20.3. The topological polar surface area (TPSA) is 78.5 Å². The molecule has 2 fully saturated rings. The van der Waals surface area contributed by atoms with Crippen LogP contribution in [0, 0.1) is 0 Å². The molecule has 29 heavy (non-hydrogen) atoms. The van der Waals surface area contributed by atoms with Crippen LogP contribution in [0.3, 0.4) is 0 Å². The van der Waals surface area contributed by atoms with Crippen molar-refractivity contribution >= 4 is 29.6 Å². The van der Waals surface area contributed by atoms with Gasteiger partial charge in [-0.05, 0) is 30.5 Å². The number of nitrogens with one attached hydrogen (secondary N) is 2. The molecule has 1 aliphatic heterocycles. The average Bonchev–Trinajstić information content (AvgIpc) is 2.97. The number of hydrazine groups is 1. The van der Waals surface area contributed by atoms with Gasteiger partial charge in [0.25, 0.3) is 11.8 Å². The summed E-state index contributed by atoms with van der Waals surface area (Å²) >= 11 is 1.38. The van der Waals surface area contributed by atoms with Crippen molar-refractivity contribution in [3.63, 3.8) is 0 Å². The molecule has 1 aliphatic carbocycles. The van der Waals surface area contributed by atoms with E-state index in [1.807, 2.05) is 60.7 Å². The fourth-order valence-electron chi connectivity index (χ4n) is 3.92. The molecule has 7 heteroatoms. The molecule has 2 aliphatic rings. The van der Waals surface area contributed by atoms with Gasteiger partial charge in [-0.3, -0.25) is 15.0 Å². The van der Waals surface area contributed by atoms with Crippen LogP contribution in [-0.4, -0.2) is 28.4 Å². The number of thioether (sulfide) groups is 1. The third-order valence-electron chi connectivity index (χ3n) is 5.43. The van der Waals surface area contributed by atoms with E-state index in [4.69, 9.17) is 0 Å².